The summed E-state index contributed by atoms with van der Waals surface area (Å²) in [6.45, 7) is 2.02. The van der Waals surface area contributed by atoms with Crippen molar-refractivity contribution in [3.8, 4) is 5.75 Å². The fourth-order valence-electron chi connectivity index (χ4n) is 3.00. The molecule has 0 saturated heterocycles. The SMILES string of the molecule is COc1ccc(Cl)cc1Nc1nc(C2SC(NC(=O)c3ccccc3)=NC2C)cs1. The number of ether oxygens (including phenoxy) is 1. The van der Waals surface area contributed by atoms with Crippen LogP contribution in [0.5, 0.6) is 5.75 Å². The Bertz CT molecular complexity index is 1090. The molecule has 0 spiro atoms. The van der Waals surface area contributed by atoms with Gasteiger partial charge in [-0.05, 0) is 37.3 Å². The molecule has 1 aliphatic heterocycles. The number of hydrogen-bond acceptors (Lipinski definition) is 7. The number of benzene rings is 2. The number of carbonyl (C=O) groups excluding carboxylic acids is 1. The molecule has 0 saturated carbocycles. The molecule has 3 aromatic rings. The first-order valence-electron chi connectivity index (χ1n) is 9.20. The van der Waals surface area contributed by atoms with Gasteiger partial charge in [-0.3, -0.25) is 9.79 Å². The number of nitrogens with zero attached hydrogens (tertiary/aromatic N) is 2. The molecule has 30 heavy (non-hydrogen) atoms. The summed E-state index contributed by atoms with van der Waals surface area (Å²) in [6.07, 6.45) is 0. The number of thiazole rings is 1. The van der Waals surface area contributed by atoms with Gasteiger partial charge in [0.15, 0.2) is 10.3 Å². The Labute approximate surface area is 187 Å². The van der Waals surface area contributed by atoms with Gasteiger partial charge in [-0.1, -0.05) is 41.6 Å². The van der Waals surface area contributed by atoms with Crippen LogP contribution >= 0.6 is 34.7 Å². The minimum absolute atomic E-state index is 0.00303. The van der Waals surface area contributed by atoms with Crippen molar-refractivity contribution in [2.24, 2.45) is 4.99 Å². The monoisotopic (exact) mass is 458 g/mol. The molecule has 2 heterocycles. The summed E-state index contributed by atoms with van der Waals surface area (Å²) < 4.78 is 5.38. The molecule has 0 fully saturated rings. The highest BCUT2D eigenvalue weighted by molar-refractivity contribution is 8.14. The maximum absolute atomic E-state index is 12.4. The van der Waals surface area contributed by atoms with Crippen molar-refractivity contribution < 1.29 is 9.53 Å². The lowest BCUT2D eigenvalue weighted by molar-refractivity contribution is 0.0978. The van der Waals surface area contributed by atoms with Crippen LogP contribution in [0.2, 0.25) is 5.02 Å². The molecule has 2 aromatic carbocycles. The molecule has 0 aliphatic carbocycles. The number of anilines is 2. The van der Waals surface area contributed by atoms with E-state index in [0.717, 1.165) is 16.5 Å². The Hall–Kier alpha value is -2.55. The number of nitrogens with one attached hydrogen (secondary N) is 2. The Morgan fingerprint density at radius 3 is 2.77 bits per heavy atom. The number of methoxy groups -OCH3 is 1. The van der Waals surface area contributed by atoms with E-state index in [4.69, 9.17) is 21.3 Å². The van der Waals surface area contributed by atoms with Crippen molar-refractivity contribution in [2.45, 2.75) is 18.2 Å². The van der Waals surface area contributed by atoms with E-state index in [0.29, 0.717) is 21.5 Å². The molecule has 2 unspecified atom stereocenters. The topological polar surface area (TPSA) is 75.6 Å². The van der Waals surface area contributed by atoms with Crippen molar-refractivity contribution in [3.05, 3.63) is 70.2 Å². The van der Waals surface area contributed by atoms with Crippen molar-refractivity contribution in [1.29, 1.82) is 0 Å². The molecular weight excluding hydrogens is 440 g/mol. The predicted octanol–water partition coefficient (Wildman–Crippen LogP) is 5.51. The minimum Gasteiger partial charge on any atom is -0.495 e. The second kappa shape index (κ2) is 9.07. The Balaban J connectivity index is 1.43. The Morgan fingerprint density at radius 1 is 1.20 bits per heavy atom. The third-order valence-corrected chi connectivity index (χ3v) is 6.80. The first kappa shape index (κ1) is 20.7. The van der Waals surface area contributed by atoms with Gasteiger partial charge in [0, 0.05) is 16.0 Å². The predicted molar refractivity (Wildman–Crippen MR) is 125 cm³/mol. The van der Waals surface area contributed by atoms with Gasteiger partial charge in [0.1, 0.15) is 5.75 Å². The van der Waals surface area contributed by atoms with Gasteiger partial charge in [0.2, 0.25) is 0 Å². The van der Waals surface area contributed by atoms with Gasteiger partial charge >= 0.3 is 0 Å². The summed E-state index contributed by atoms with van der Waals surface area (Å²) in [5, 5.41) is 10.2. The second-order valence-electron chi connectivity index (χ2n) is 6.58. The maximum atomic E-state index is 12.4. The van der Waals surface area contributed by atoms with Crippen LogP contribution in [0, 0.1) is 0 Å². The normalized spacial score (nSPS) is 18.0. The van der Waals surface area contributed by atoms with Gasteiger partial charge in [0.05, 0.1) is 29.8 Å². The number of carbonyl (C=O) groups is 1. The Kier molecular flexibility index (Phi) is 6.26. The maximum Gasteiger partial charge on any atom is 0.257 e. The molecule has 2 N–H and O–H groups in total. The molecule has 9 heteroatoms. The van der Waals surface area contributed by atoms with Crippen LogP contribution in [-0.4, -0.2) is 29.2 Å². The number of amidine groups is 1. The Morgan fingerprint density at radius 2 is 2.00 bits per heavy atom. The van der Waals surface area contributed by atoms with Gasteiger partial charge in [-0.25, -0.2) is 4.98 Å². The molecule has 0 radical (unpaired) electrons. The summed E-state index contributed by atoms with van der Waals surface area (Å²) >= 11 is 9.12. The van der Waals surface area contributed by atoms with Crippen LogP contribution in [0.15, 0.2) is 58.9 Å². The van der Waals surface area contributed by atoms with E-state index in [1.54, 1.807) is 31.4 Å². The molecule has 0 bridgehead atoms. The lowest BCUT2D eigenvalue weighted by Crippen LogP contribution is -2.27. The summed E-state index contributed by atoms with van der Waals surface area (Å²) in [7, 11) is 1.61. The fourth-order valence-corrected chi connectivity index (χ4v) is 5.13. The minimum atomic E-state index is -0.164. The van der Waals surface area contributed by atoms with E-state index in [1.807, 2.05) is 36.6 Å². The molecule has 6 nitrogen and oxygen atoms in total. The highest BCUT2D eigenvalue weighted by Gasteiger charge is 2.31. The van der Waals surface area contributed by atoms with Gasteiger partial charge in [-0.15, -0.1) is 11.3 Å². The van der Waals surface area contributed by atoms with Gasteiger partial charge in [0.25, 0.3) is 5.91 Å². The fraction of sp³-hybridized carbons (Fsp3) is 0.190. The smallest absolute Gasteiger partial charge is 0.257 e. The number of halogens is 1. The highest BCUT2D eigenvalue weighted by atomic mass is 35.5. The highest BCUT2D eigenvalue weighted by Crippen LogP contribution is 2.41. The number of amides is 1. The third kappa shape index (κ3) is 4.61. The average Bonchev–Trinajstić information content (AvgIpc) is 3.35. The number of hydrogen-bond donors (Lipinski definition) is 2. The van der Waals surface area contributed by atoms with E-state index >= 15 is 0 Å². The third-order valence-electron chi connectivity index (χ3n) is 4.47. The summed E-state index contributed by atoms with van der Waals surface area (Å²) in [4.78, 5) is 21.7. The molecule has 4 rings (SSSR count). The van der Waals surface area contributed by atoms with Crippen molar-refractivity contribution in [1.82, 2.24) is 10.3 Å². The lowest BCUT2D eigenvalue weighted by Gasteiger charge is -2.11. The van der Waals surface area contributed by atoms with Crippen LogP contribution in [0.1, 0.15) is 28.2 Å². The zero-order valence-corrected chi connectivity index (χ0v) is 18.6. The standard InChI is InChI=1S/C21H19ClN4O2S2/c1-12-18(30-21(23-12)26-19(27)13-6-4-3-5-7-13)16-11-29-20(25-16)24-15-10-14(22)8-9-17(15)28-2/h3-12,18H,1-2H3,(H,24,25)(H,23,26,27). The molecule has 2 atom stereocenters. The number of thioether (sulfide) groups is 1. The van der Waals surface area contributed by atoms with Crippen LogP contribution < -0.4 is 15.4 Å². The summed E-state index contributed by atoms with van der Waals surface area (Å²) in [6, 6.07) is 14.5. The molecule has 1 aliphatic rings. The van der Waals surface area contributed by atoms with Crippen LogP contribution in [-0.2, 0) is 0 Å². The van der Waals surface area contributed by atoms with Crippen LogP contribution in [0.4, 0.5) is 10.8 Å². The molecule has 154 valence electrons. The molecule has 1 aromatic heterocycles. The number of aliphatic imine (C=N–C) groups is 1. The quantitative estimate of drug-likeness (QED) is 0.527. The van der Waals surface area contributed by atoms with E-state index in [-0.39, 0.29) is 17.2 Å². The van der Waals surface area contributed by atoms with E-state index in [9.17, 15) is 4.79 Å². The van der Waals surface area contributed by atoms with Crippen LogP contribution in [0.25, 0.3) is 0 Å². The molecule has 1 amide bonds. The largest absolute Gasteiger partial charge is 0.495 e. The first-order chi connectivity index (χ1) is 14.5. The number of aromatic nitrogens is 1. The average molecular weight is 459 g/mol. The van der Waals surface area contributed by atoms with Crippen molar-refractivity contribution >= 4 is 56.6 Å². The number of rotatable bonds is 5. The van der Waals surface area contributed by atoms with Gasteiger partial charge < -0.3 is 15.4 Å². The zero-order chi connectivity index (χ0) is 21.1. The molecular formula is C21H19ClN4O2S2. The second-order valence-corrected chi connectivity index (χ2v) is 9.01. The van der Waals surface area contributed by atoms with E-state index < -0.39 is 0 Å². The van der Waals surface area contributed by atoms with Crippen LogP contribution in [0.3, 0.4) is 0 Å². The van der Waals surface area contributed by atoms with E-state index in [1.165, 1.54) is 23.1 Å². The summed E-state index contributed by atoms with van der Waals surface area (Å²) in [5.74, 6) is 0.525. The summed E-state index contributed by atoms with van der Waals surface area (Å²) in [5.41, 5.74) is 2.27. The zero-order valence-electron chi connectivity index (χ0n) is 16.3. The first-order valence-corrected chi connectivity index (χ1v) is 11.3. The van der Waals surface area contributed by atoms with E-state index in [2.05, 4.69) is 15.6 Å². The van der Waals surface area contributed by atoms with Crippen molar-refractivity contribution in [2.75, 3.05) is 12.4 Å². The van der Waals surface area contributed by atoms with Gasteiger partial charge in [-0.2, -0.15) is 0 Å². The van der Waals surface area contributed by atoms with Crippen molar-refractivity contribution in [3.63, 3.8) is 0 Å². The lowest BCUT2D eigenvalue weighted by atomic mass is 10.2.